The number of nitrogens with zero attached hydrogens (tertiary/aromatic N) is 5. The largest absolute Gasteiger partial charge is 0.418 e. The molecular formula is C25H25F4N7O. The summed E-state index contributed by atoms with van der Waals surface area (Å²) in [7, 11) is 1.85. The minimum absolute atomic E-state index is 0.151. The summed E-state index contributed by atoms with van der Waals surface area (Å²) in [5.41, 5.74) is 0.0170. The highest BCUT2D eigenvalue weighted by Crippen LogP contribution is 2.36. The van der Waals surface area contributed by atoms with Crippen molar-refractivity contribution in [2.24, 2.45) is 7.05 Å². The van der Waals surface area contributed by atoms with Gasteiger partial charge in [-0.15, -0.1) is 10.2 Å². The van der Waals surface area contributed by atoms with Crippen LogP contribution in [0.2, 0.25) is 0 Å². The van der Waals surface area contributed by atoms with E-state index >= 15 is 0 Å². The van der Waals surface area contributed by atoms with Gasteiger partial charge in [0.05, 0.1) is 11.3 Å². The third-order valence-electron chi connectivity index (χ3n) is 6.50. The Morgan fingerprint density at radius 2 is 1.76 bits per heavy atom. The normalized spacial score (nSPS) is 15.8. The molecule has 37 heavy (non-hydrogen) atoms. The van der Waals surface area contributed by atoms with E-state index in [9.17, 15) is 22.7 Å². The number of nitrogens with one attached hydrogen (secondary N) is 2. The lowest BCUT2D eigenvalue weighted by Gasteiger charge is -2.35. The van der Waals surface area contributed by atoms with Gasteiger partial charge in [0.25, 0.3) is 0 Å². The smallest absolute Gasteiger partial charge is 0.361 e. The van der Waals surface area contributed by atoms with Gasteiger partial charge in [0.1, 0.15) is 11.5 Å². The number of hydrogen-bond acceptors (Lipinski definition) is 7. The number of benzene rings is 2. The number of hydrogen-bond donors (Lipinski definition) is 3. The summed E-state index contributed by atoms with van der Waals surface area (Å²) in [4.78, 5) is 2.11. The van der Waals surface area contributed by atoms with Crippen LogP contribution in [0, 0.1) is 5.82 Å². The third kappa shape index (κ3) is 5.20. The lowest BCUT2D eigenvalue weighted by molar-refractivity contribution is -0.137. The number of aryl methyl sites for hydroxylation is 1. The van der Waals surface area contributed by atoms with Gasteiger partial charge in [0, 0.05) is 48.8 Å². The second kappa shape index (κ2) is 9.94. The van der Waals surface area contributed by atoms with E-state index in [0.29, 0.717) is 32.0 Å². The van der Waals surface area contributed by atoms with E-state index in [1.54, 1.807) is 10.9 Å². The summed E-state index contributed by atoms with van der Waals surface area (Å²) < 4.78 is 54.8. The maximum Gasteiger partial charge on any atom is 0.418 e. The Hall–Kier alpha value is -3.77. The van der Waals surface area contributed by atoms with Crippen molar-refractivity contribution in [1.29, 1.82) is 0 Å². The van der Waals surface area contributed by atoms with Crippen LogP contribution in [0.25, 0.3) is 22.2 Å². The van der Waals surface area contributed by atoms with Crippen molar-refractivity contribution in [3.05, 3.63) is 66.1 Å². The second-order valence-corrected chi connectivity index (χ2v) is 8.92. The minimum Gasteiger partial charge on any atom is -0.361 e. The summed E-state index contributed by atoms with van der Waals surface area (Å²) in [6.07, 6.45) is -3.25. The number of aliphatic hydroxyl groups is 1. The summed E-state index contributed by atoms with van der Waals surface area (Å²) in [5, 5.41) is 30.8. The van der Waals surface area contributed by atoms with E-state index in [2.05, 4.69) is 30.8 Å². The van der Waals surface area contributed by atoms with Crippen LogP contribution in [0.3, 0.4) is 0 Å². The zero-order valence-corrected chi connectivity index (χ0v) is 19.9. The molecule has 0 spiro atoms. The topological polar surface area (TPSA) is 91.1 Å². The van der Waals surface area contributed by atoms with Crippen LogP contribution in [0.1, 0.15) is 18.4 Å². The molecule has 1 fully saturated rings. The number of piperidine rings is 1. The highest BCUT2D eigenvalue weighted by Gasteiger charge is 2.34. The van der Waals surface area contributed by atoms with Gasteiger partial charge in [-0.05, 0) is 37.1 Å². The van der Waals surface area contributed by atoms with Gasteiger partial charge in [0.2, 0.25) is 0 Å². The highest BCUT2D eigenvalue weighted by molar-refractivity contribution is 5.99. The standard InChI is InChI=1S/C25H25F4N7O/c1-35-21(8-11-30-35)22-17-4-2-3-5-18(17)23(34-33-22)36-12-9-16(10-13-36)31-24(37)32-20-7-6-15(26)14-19(20)25(27,28)29/h2-8,11,14,16,24,31-32,37H,9-10,12-13H2,1H3. The van der Waals surface area contributed by atoms with E-state index in [1.807, 2.05) is 37.4 Å². The fraction of sp³-hybridized carbons (Fsp3) is 0.320. The molecule has 1 aliphatic rings. The van der Waals surface area contributed by atoms with Gasteiger partial charge in [-0.3, -0.25) is 10.00 Å². The number of halogens is 4. The molecule has 1 saturated heterocycles. The van der Waals surface area contributed by atoms with E-state index in [-0.39, 0.29) is 6.04 Å². The molecule has 1 unspecified atom stereocenters. The number of rotatable bonds is 6. The van der Waals surface area contributed by atoms with Crippen LogP contribution >= 0.6 is 0 Å². The summed E-state index contributed by atoms with van der Waals surface area (Å²) in [5.74, 6) is -0.253. The van der Waals surface area contributed by atoms with Crippen LogP contribution in [-0.4, -0.2) is 50.6 Å². The number of aromatic nitrogens is 4. The lowest BCUT2D eigenvalue weighted by Crippen LogP contribution is -2.49. The van der Waals surface area contributed by atoms with Crippen molar-refractivity contribution in [1.82, 2.24) is 25.3 Å². The Labute approximate surface area is 209 Å². The van der Waals surface area contributed by atoms with Gasteiger partial charge in [0.15, 0.2) is 12.2 Å². The molecule has 0 aliphatic carbocycles. The first-order chi connectivity index (χ1) is 17.7. The Kier molecular flexibility index (Phi) is 6.69. The van der Waals surface area contributed by atoms with E-state index in [4.69, 9.17) is 0 Å². The SMILES string of the molecule is Cn1nccc1-c1nnc(N2CCC(NC(O)Nc3ccc(F)cc3C(F)(F)F)CC2)c2ccccc12. The Bertz CT molecular complexity index is 1400. The molecule has 1 atom stereocenters. The molecule has 194 valence electrons. The molecule has 3 N–H and O–H groups in total. The van der Waals surface area contributed by atoms with Crippen molar-refractivity contribution in [2.75, 3.05) is 23.3 Å². The van der Waals surface area contributed by atoms with E-state index in [1.165, 1.54) is 0 Å². The molecule has 4 aromatic rings. The number of fused-ring (bicyclic) bond motifs is 1. The quantitative estimate of drug-likeness (QED) is 0.263. The average molecular weight is 516 g/mol. The zero-order valence-electron chi connectivity index (χ0n) is 19.9. The molecule has 1 aliphatic heterocycles. The van der Waals surface area contributed by atoms with Gasteiger partial charge in [-0.1, -0.05) is 24.3 Å². The van der Waals surface area contributed by atoms with Crippen molar-refractivity contribution < 1.29 is 22.7 Å². The maximum atomic E-state index is 13.3. The lowest BCUT2D eigenvalue weighted by atomic mass is 10.0. The van der Waals surface area contributed by atoms with Crippen LogP contribution in [0.5, 0.6) is 0 Å². The first kappa shape index (κ1) is 24.9. The number of anilines is 2. The van der Waals surface area contributed by atoms with Crippen molar-refractivity contribution in [2.45, 2.75) is 31.4 Å². The van der Waals surface area contributed by atoms with Gasteiger partial charge >= 0.3 is 6.18 Å². The Balaban J connectivity index is 1.26. The maximum absolute atomic E-state index is 13.3. The molecule has 0 bridgehead atoms. The van der Waals surface area contributed by atoms with Crippen molar-refractivity contribution in [3.63, 3.8) is 0 Å². The van der Waals surface area contributed by atoms with Gasteiger partial charge in [-0.25, -0.2) is 4.39 Å². The molecule has 2 aromatic heterocycles. The van der Waals surface area contributed by atoms with E-state index in [0.717, 1.165) is 40.1 Å². The van der Waals surface area contributed by atoms with Crippen LogP contribution < -0.4 is 15.5 Å². The minimum atomic E-state index is -4.76. The first-order valence-electron chi connectivity index (χ1n) is 11.8. The van der Waals surface area contributed by atoms with Crippen molar-refractivity contribution >= 4 is 22.3 Å². The summed E-state index contributed by atoms with van der Waals surface area (Å²) in [6.45, 7) is 1.22. The molecule has 0 amide bonds. The monoisotopic (exact) mass is 515 g/mol. The highest BCUT2D eigenvalue weighted by atomic mass is 19.4. The molecule has 3 heterocycles. The van der Waals surface area contributed by atoms with Gasteiger partial charge in [-0.2, -0.15) is 18.3 Å². The zero-order chi connectivity index (χ0) is 26.2. The summed E-state index contributed by atoms with van der Waals surface area (Å²) >= 11 is 0. The molecule has 0 radical (unpaired) electrons. The predicted octanol–water partition coefficient (Wildman–Crippen LogP) is 4.13. The van der Waals surface area contributed by atoms with Crippen LogP contribution in [0.4, 0.5) is 29.1 Å². The second-order valence-electron chi connectivity index (χ2n) is 8.92. The molecule has 8 nitrogen and oxygen atoms in total. The van der Waals surface area contributed by atoms with Gasteiger partial charge < -0.3 is 15.3 Å². The molecular weight excluding hydrogens is 490 g/mol. The fourth-order valence-corrected chi connectivity index (χ4v) is 4.67. The number of alkyl halides is 3. The first-order valence-corrected chi connectivity index (χ1v) is 11.8. The Morgan fingerprint density at radius 1 is 1.03 bits per heavy atom. The molecule has 12 heteroatoms. The van der Waals surface area contributed by atoms with Crippen LogP contribution in [0.15, 0.2) is 54.7 Å². The predicted molar refractivity (Wildman–Crippen MR) is 131 cm³/mol. The van der Waals surface area contributed by atoms with Crippen LogP contribution in [-0.2, 0) is 13.2 Å². The average Bonchev–Trinajstić information content (AvgIpc) is 3.30. The molecule has 2 aromatic carbocycles. The molecule has 5 rings (SSSR count). The van der Waals surface area contributed by atoms with Crippen molar-refractivity contribution in [3.8, 4) is 11.4 Å². The fourth-order valence-electron chi connectivity index (χ4n) is 4.67. The summed E-state index contributed by atoms with van der Waals surface area (Å²) in [6, 6.07) is 11.9. The van der Waals surface area contributed by atoms with E-state index < -0.39 is 29.6 Å². The molecule has 0 saturated carbocycles. The Morgan fingerprint density at radius 3 is 2.43 bits per heavy atom. The third-order valence-corrected chi connectivity index (χ3v) is 6.50. The number of aliphatic hydroxyl groups excluding tert-OH is 1.